The summed E-state index contributed by atoms with van der Waals surface area (Å²) in [7, 11) is 0. The molecule has 2 aromatic rings. The lowest BCUT2D eigenvalue weighted by Gasteiger charge is -2.09. The average molecular weight is 340 g/mol. The number of nitrogens with one attached hydrogen (secondary N) is 1. The lowest BCUT2D eigenvalue weighted by molar-refractivity contribution is 0.102. The maximum absolute atomic E-state index is 12.1. The van der Waals surface area contributed by atoms with Gasteiger partial charge in [0.2, 0.25) is 0 Å². The van der Waals surface area contributed by atoms with Crippen molar-refractivity contribution >= 4 is 39.1 Å². The second-order valence-electron chi connectivity index (χ2n) is 4.23. The van der Waals surface area contributed by atoms with Gasteiger partial charge in [-0.2, -0.15) is 0 Å². The zero-order valence-electron chi connectivity index (χ0n) is 10.5. The SMILES string of the molecule is Cc1cc(C(=O)Nc2ccc(Br)cc2C)cc(Cl)n1. The van der Waals surface area contributed by atoms with Gasteiger partial charge in [0.1, 0.15) is 5.15 Å². The third-order valence-electron chi connectivity index (χ3n) is 2.62. The summed E-state index contributed by atoms with van der Waals surface area (Å²) < 4.78 is 0.978. The normalized spacial score (nSPS) is 10.3. The third kappa shape index (κ3) is 3.55. The Morgan fingerprint density at radius 2 is 2.00 bits per heavy atom. The first kappa shape index (κ1) is 14.0. The highest BCUT2D eigenvalue weighted by molar-refractivity contribution is 9.10. The Morgan fingerprint density at radius 1 is 1.26 bits per heavy atom. The molecule has 0 bridgehead atoms. The highest BCUT2D eigenvalue weighted by atomic mass is 79.9. The van der Waals surface area contributed by atoms with Crippen LogP contribution in [-0.2, 0) is 0 Å². The van der Waals surface area contributed by atoms with E-state index >= 15 is 0 Å². The van der Waals surface area contributed by atoms with E-state index in [1.54, 1.807) is 19.1 Å². The van der Waals surface area contributed by atoms with Gasteiger partial charge in [-0.1, -0.05) is 27.5 Å². The van der Waals surface area contributed by atoms with E-state index in [2.05, 4.69) is 26.2 Å². The molecule has 2 rings (SSSR count). The lowest BCUT2D eigenvalue weighted by Crippen LogP contribution is -2.13. The van der Waals surface area contributed by atoms with Crippen molar-refractivity contribution in [3.05, 3.63) is 56.8 Å². The topological polar surface area (TPSA) is 42.0 Å². The van der Waals surface area contributed by atoms with Crippen LogP contribution in [0, 0.1) is 13.8 Å². The molecule has 0 unspecified atom stereocenters. The standard InChI is InChI=1S/C14H12BrClN2O/c1-8-5-11(15)3-4-12(8)18-14(19)10-6-9(2)17-13(16)7-10/h3-7H,1-2H3,(H,18,19). The minimum atomic E-state index is -0.196. The molecule has 1 amide bonds. The molecule has 0 aliphatic carbocycles. The molecule has 0 aliphatic heterocycles. The molecular formula is C14H12BrClN2O. The first-order valence-corrected chi connectivity index (χ1v) is 6.84. The second kappa shape index (κ2) is 5.72. The number of aryl methyl sites for hydroxylation is 2. The summed E-state index contributed by atoms with van der Waals surface area (Å²) in [6.45, 7) is 3.73. The van der Waals surface area contributed by atoms with E-state index in [-0.39, 0.29) is 5.91 Å². The van der Waals surface area contributed by atoms with Gasteiger partial charge in [-0.3, -0.25) is 4.79 Å². The molecule has 0 radical (unpaired) electrons. The zero-order valence-corrected chi connectivity index (χ0v) is 12.8. The third-order valence-corrected chi connectivity index (χ3v) is 3.31. The van der Waals surface area contributed by atoms with Crippen molar-refractivity contribution in [1.29, 1.82) is 0 Å². The summed E-state index contributed by atoms with van der Waals surface area (Å²) in [5.41, 5.74) is 2.98. The van der Waals surface area contributed by atoms with Crippen LogP contribution in [0.5, 0.6) is 0 Å². The number of benzene rings is 1. The Hall–Kier alpha value is -1.39. The molecule has 5 heteroatoms. The number of carbonyl (C=O) groups excluding carboxylic acids is 1. The summed E-state index contributed by atoms with van der Waals surface area (Å²) in [5.74, 6) is -0.196. The largest absolute Gasteiger partial charge is 0.322 e. The first-order chi connectivity index (χ1) is 8.95. The highest BCUT2D eigenvalue weighted by Crippen LogP contribution is 2.21. The van der Waals surface area contributed by atoms with E-state index in [1.807, 2.05) is 25.1 Å². The quantitative estimate of drug-likeness (QED) is 0.826. The van der Waals surface area contributed by atoms with Crippen LogP contribution in [0.3, 0.4) is 0 Å². The Bertz CT molecular complexity index is 623. The maximum atomic E-state index is 12.1. The van der Waals surface area contributed by atoms with Crippen molar-refractivity contribution < 1.29 is 4.79 Å². The number of rotatable bonds is 2. The molecule has 3 nitrogen and oxygen atoms in total. The minimum Gasteiger partial charge on any atom is -0.322 e. The molecule has 19 heavy (non-hydrogen) atoms. The van der Waals surface area contributed by atoms with Crippen molar-refractivity contribution in [3.8, 4) is 0 Å². The summed E-state index contributed by atoms with van der Waals surface area (Å²) in [6, 6.07) is 8.94. The molecule has 1 N–H and O–H groups in total. The van der Waals surface area contributed by atoms with Gasteiger partial charge in [0.25, 0.3) is 5.91 Å². The van der Waals surface area contributed by atoms with Crippen molar-refractivity contribution in [1.82, 2.24) is 4.98 Å². The maximum Gasteiger partial charge on any atom is 0.255 e. The number of amides is 1. The number of anilines is 1. The molecule has 1 aromatic carbocycles. The molecule has 0 atom stereocenters. The van der Waals surface area contributed by atoms with Crippen LogP contribution in [0.1, 0.15) is 21.6 Å². The number of pyridine rings is 1. The Balaban J connectivity index is 2.25. The molecule has 0 aliphatic rings. The number of nitrogens with zero attached hydrogens (tertiary/aromatic N) is 1. The van der Waals surface area contributed by atoms with Crippen molar-refractivity contribution in [2.75, 3.05) is 5.32 Å². The smallest absolute Gasteiger partial charge is 0.255 e. The van der Waals surface area contributed by atoms with Crippen molar-refractivity contribution in [2.45, 2.75) is 13.8 Å². The zero-order chi connectivity index (χ0) is 14.0. The number of carbonyl (C=O) groups is 1. The molecular weight excluding hydrogens is 328 g/mol. The van der Waals surface area contributed by atoms with Crippen molar-refractivity contribution in [3.63, 3.8) is 0 Å². The number of hydrogen-bond donors (Lipinski definition) is 1. The molecule has 0 saturated heterocycles. The van der Waals surface area contributed by atoms with E-state index in [0.717, 1.165) is 15.7 Å². The minimum absolute atomic E-state index is 0.196. The van der Waals surface area contributed by atoms with E-state index in [9.17, 15) is 4.79 Å². The molecule has 0 saturated carbocycles. The van der Waals surface area contributed by atoms with E-state index < -0.39 is 0 Å². The van der Waals surface area contributed by atoms with Gasteiger partial charge in [0.05, 0.1) is 0 Å². The Kier molecular flexibility index (Phi) is 4.22. The van der Waals surface area contributed by atoms with Gasteiger partial charge in [-0.25, -0.2) is 4.98 Å². The Morgan fingerprint density at radius 3 is 2.63 bits per heavy atom. The molecule has 98 valence electrons. The van der Waals surface area contributed by atoms with Gasteiger partial charge in [0.15, 0.2) is 0 Å². The summed E-state index contributed by atoms with van der Waals surface area (Å²) >= 11 is 9.24. The fourth-order valence-electron chi connectivity index (χ4n) is 1.72. The van der Waals surface area contributed by atoms with Crippen LogP contribution in [0.4, 0.5) is 5.69 Å². The predicted molar refractivity (Wildman–Crippen MR) is 80.8 cm³/mol. The van der Waals surface area contributed by atoms with Crippen LogP contribution >= 0.6 is 27.5 Å². The van der Waals surface area contributed by atoms with Crippen LogP contribution in [0.15, 0.2) is 34.8 Å². The molecule has 1 aromatic heterocycles. The van der Waals surface area contributed by atoms with E-state index in [4.69, 9.17) is 11.6 Å². The van der Waals surface area contributed by atoms with E-state index in [1.165, 1.54) is 0 Å². The first-order valence-electron chi connectivity index (χ1n) is 5.67. The van der Waals surface area contributed by atoms with Gasteiger partial charge < -0.3 is 5.32 Å². The summed E-state index contributed by atoms with van der Waals surface area (Å²) in [5, 5.41) is 3.18. The monoisotopic (exact) mass is 338 g/mol. The predicted octanol–water partition coefficient (Wildman–Crippen LogP) is 4.37. The summed E-state index contributed by atoms with van der Waals surface area (Å²) in [4.78, 5) is 16.2. The fourth-order valence-corrected chi connectivity index (χ4v) is 2.45. The number of aromatic nitrogens is 1. The molecule has 1 heterocycles. The average Bonchev–Trinajstić information content (AvgIpc) is 2.31. The number of hydrogen-bond acceptors (Lipinski definition) is 2. The second-order valence-corrected chi connectivity index (χ2v) is 5.54. The van der Waals surface area contributed by atoms with Crippen LogP contribution in [0.2, 0.25) is 5.15 Å². The molecule has 0 spiro atoms. The van der Waals surface area contributed by atoms with Crippen LogP contribution < -0.4 is 5.32 Å². The number of halogens is 2. The summed E-state index contributed by atoms with van der Waals surface area (Å²) in [6.07, 6.45) is 0. The van der Waals surface area contributed by atoms with Crippen LogP contribution in [0.25, 0.3) is 0 Å². The fraction of sp³-hybridized carbons (Fsp3) is 0.143. The Labute approximate surface area is 125 Å². The van der Waals surface area contributed by atoms with Crippen LogP contribution in [-0.4, -0.2) is 10.9 Å². The van der Waals surface area contributed by atoms with Crippen molar-refractivity contribution in [2.24, 2.45) is 0 Å². The van der Waals surface area contributed by atoms with Gasteiger partial charge in [-0.05, 0) is 49.7 Å². The van der Waals surface area contributed by atoms with Gasteiger partial charge in [0, 0.05) is 21.4 Å². The molecule has 0 fully saturated rings. The van der Waals surface area contributed by atoms with Gasteiger partial charge >= 0.3 is 0 Å². The lowest BCUT2D eigenvalue weighted by atomic mass is 10.1. The highest BCUT2D eigenvalue weighted by Gasteiger charge is 2.09. The van der Waals surface area contributed by atoms with Gasteiger partial charge in [-0.15, -0.1) is 0 Å². The van der Waals surface area contributed by atoms with E-state index in [0.29, 0.717) is 16.4 Å².